The van der Waals surface area contributed by atoms with Crippen LogP contribution >= 0.6 is 45.2 Å². The first-order valence-electron chi connectivity index (χ1n) is 11.7. The Kier molecular flexibility index (Phi) is 8.21. The summed E-state index contributed by atoms with van der Waals surface area (Å²) in [4.78, 5) is 17.9. The molecule has 1 aromatic heterocycles. The second-order valence-corrected chi connectivity index (χ2v) is 10.9. The summed E-state index contributed by atoms with van der Waals surface area (Å²) < 4.78 is 62.2. The van der Waals surface area contributed by atoms with Crippen molar-refractivity contribution in [3.05, 3.63) is 125 Å². The van der Waals surface area contributed by atoms with Crippen LogP contribution < -0.4 is 10.3 Å². The Morgan fingerprint density at radius 1 is 0.925 bits per heavy atom. The molecule has 5 aromatic rings. The minimum absolute atomic E-state index is 0.0227. The fourth-order valence-electron chi connectivity index (χ4n) is 3.95. The second-order valence-electron chi connectivity index (χ2n) is 8.62. The monoisotopic (exact) mass is 769 g/mol. The number of benzene rings is 4. The number of fused-ring (bicyclic) bond motifs is 1. The zero-order valence-electron chi connectivity index (χ0n) is 20.3. The molecular formula is C29H17F4I2N3O2. The largest absolute Gasteiger partial charge is 0.487 e. The molecule has 11 heteroatoms. The molecule has 5 nitrogen and oxygen atoms in total. The summed E-state index contributed by atoms with van der Waals surface area (Å²) in [6.45, 7) is 0.176. The van der Waals surface area contributed by atoms with Crippen molar-refractivity contribution >= 4 is 62.3 Å². The van der Waals surface area contributed by atoms with Gasteiger partial charge in [-0.05, 0) is 105 Å². The Morgan fingerprint density at radius 3 is 2.38 bits per heavy atom. The summed E-state index contributed by atoms with van der Waals surface area (Å²) in [5, 5.41) is 4.63. The van der Waals surface area contributed by atoms with Gasteiger partial charge < -0.3 is 4.74 Å². The summed E-state index contributed by atoms with van der Waals surface area (Å²) in [5.41, 5.74) is 0.370. The van der Waals surface area contributed by atoms with Gasteiger partial charge in [-0.1, -0.05) is 36.4 Å². The Labute approximate surface area is 252 Å². The number of alkyl halides is 3. The van der Waals surface area contributed by atoms with Crippen LogP contribution in [0.15, 0.2) is 94.8 Å². The van der Waals surface area contributed by atoms with Gasteiger partial charge in [0.15, 0.2) is 5.82 Å². The van der Waals surface area contributed by atoms with E-state index in [1.54, 1.807) is 48.5 Å². The van der Waals surface area contributed by atoms with Gasteiger partial charge in [-0.25, -0.2) is 9.37 Å². The first kappa shape index (κ1) is 28.2. The van der Waals surface area contributed by atoms with Crippen molar-refractivity contribution < 1.29 is 22.3 Å². The van der Waals surface area contributed by atoms with Gasteiger partial charge in [-0.2, -0.15) is 22.9 Å². The molecule has 0 amide bonds. The molecule has 0 N–H and O–H groups in total. The van der Waals surface area contributed by atoms with Crippen molar-refractivity contribution in [1.29, 1.82) is 0 Å². The highest BCUT2D eigenvalue weighted by atomic mass is 127. The number of nitrogens with zero attached hydrogens (tertiary/aromatic N) is 3. The van der Waals surface area contributed by atoms with Crippen LogP contribution in [0.2, 0.25) is 0 Å². The minimum Gasteiger partial charge on any atom is -0.487 e. The number of hydrogen-bond donors (Lipinski definition) is 0. The van der Waals surface area contributed by atoms with Gasteiger partial charge in [0.05, 0.1) is 29.8 Å². The maximum atomic E-state index is 13.5. The highest BCUT2D eigenvalue weighted by Crippen LogP contribution is 2.32. The van der Waals surface area contributed by atoms with E-state index in [0.29, 0.717) is 22.4 Å². The van der Waals surface area contributed by atoms with E-state index in [0.717, 1.165) is 23.9 Å². The van der Waals surface area contributed by atoms with E-state index < -0.39 is 17.3 Å². The molecule has 0 aliphatic heterocycles. The number of halogens is 6. The molecule has 0 unspecified atom stereocenters. The smallest absolute Gasteiger partial charge is 0.416 e. The molecule has 0 atom stereocenters. The summed E-state index contributed by atoms with van der Waals surface area (Å²) in [7, 11) is 0. The molecule has 4 aromatic carbocycles. The van der Waals surface area contributed by atoms with Crippen molar-refractivity contribution in [2.75, 3.05) is 0 Å². The Hall–Kier alpha value is -3.33. The average molecular weight is 769 g/mol. The predicted octanol–water partition coefficient (Wildman–Crippen LogP) is 7.89. The molecule has 1 heterocycles. The van der Waals surface area contributed by atoms with Crippen LogP contribution in [-0.4, -0.2) is 15.9 Å². The number of para-hydroxylation sites is 1. The van der Waals surface area contributed by atoms with Gasteiger partial charge in [0.2, 0.25) is 0 Å². The van der Waals surface area contributed by atoms with Crippen molar-refractivity contribution in [3.8, 4) is 17.1 Å². The molecule has 202 valence electrons. The average Bonchev–Trinajstić information content (AvgIpc) is 2.92. The third kappa shape index (κ3) is 6.19. The quantitative estimate of drug-likeness (QED) is 0.100. The molecule has 0 saturated carbocycles. The van der Waals surface area contributed by atoms with E-state index >= 15 is 0 Å². The highest BCUT2D eigenvalue weighted by Gasteiger charge is 2.31. The maximum absolute atomic E-state index is 13.5. The summed E-state index contributed by atoms with van der Waals surface area (Å²) in [5.74, 6) is 0.238. The van der Waals surface area contributed by atoms with Crippen LogP contribution in [0.4, 0.5) is 17.6 Å². The summed E-state index contributed by atoms with van der Waals surface area (Å²) >= 11 is 4.22. The number of rotatable bonds is 6. The Morgan fingerprint density at radius 2 is 1.65 bits per heavy atom. The molecule has 0 bridgehead atoms. The second kappa shape index (κ2) is 11.6. The van der Waals surface area contributed by atoms with Crippen molar-refractivity contribution in [2.45, 2.75) is 12.8 Å². The minimum atomic E-state index is -4.56. The maximum Gasteiger partial charge on any atom is 0.416 e. The zero-order chi connectivity index (χ0) is 28.4. The van der Waals surface area contributed by atoms with Gasteiger partial charge in [0.25, 0.3) is 5.56 Å². The molecule has 5 rings (SSSR count). The molecular weight excluding hydrogens is 752 g/mol. The molecule has 0 spiro atoms. The lowest BCUT2D eigenvalue weighted by atomic mass is 10.1. The van der Waals surface area contributed by atoms with Crippen LogP contribution in [-0.2, 0) is 12.8 Å². The number of hydrogen-bond acceptors (Lipinski definition) is 4. The van der Waals surface area contributed by atoms with Crippen LogP contribution in [0, 0.1) is 13.0 Å². The Balaban J connectivity index is 1.53. The van der Waals surface area contributed by atoms with Crippen molar-refractivity contribution in [1.82, 2.24) is 9.66 Å². The van der Waals surface area contributed by atoms with E-state index in [1.807, 2.05) is 0 Å². The third-order valence-corrected chi connectivity index (χ3v) is 7.42. The zero-order valence-corrected chi connectivity index (χ0v) is 24.6. The molecule has 0 fully saturated rings. The van der Waals surface area contributed by atoms with E-state index in [1.165, 1.54) is 30.5 Å². The lowest BCUT2D eigenvalue weighted by Gasteiger charge is -2.13. The molecule has 0 radical (unpaired) electrons. The van der Waals surface area contributed by atoms with Gasteiger partial charge in [-0.3, -0.25) is 4.79 Å². The topological polar surface area (TPSA) is 56.5 Å². The van der Waals surface area contributed by atoms with Gasteiger partial charge in [0, 0.05) is 5.56 Å². The van der Waals surface area contributed by atoms with Gasteiger partial charge in [0.1, 0.15) is 18.2 Å². The van der Waals surface area contributed by atoms with E-state index in [9.17, 15) is 22.4 Å². The normalized spacial score (nSPS) is 11.8. The standard InChI is InChI=1S/C29H17F4I2N3O2/c30-21-8-3-5-17(11-21)16-40-26-23(34)12-18(13-24(26)35)15-36-38-27(19-6-4-7-20(14-19)29(31,32)33)37-25-10-2-1-9-22(25)28(38)39/h1-15H,16H2. The number of aromatic nitrogens is 2. The number of ether oxygens (including phenoxy) is 1. The SMILES string of the molecule is O=c1c2ccccc2nc(-c2cccc(C(F)(F)F)c2)n1N=Cc1cc(I)c(OCc2cccc(F)c2)c(I)c1. The highest BCUT2D eigenvalue weighted by molar-refractivity contribution is 14.1. The summed E-state index contributed by atoms with van der Waals surface area (Å²) in [6.07, 6.45) is -3.12. The molecule has 40 heavy (non-hydrogen) atoms. The summed E-state index contributed by atoms with van der Waals surface area (Å²) in [6, 6.07) is 20.9. The third-order valence-electron chi connectivity index (χ3n) is 5.82. The fraction of sp³-hybridized carbons (Fsp3) is 0.0690. The molecule has 0 saturated heterocycles. The van der Waals surface area contributed by atoms with E-state index in [-0.39, 0.29) is 29.2 Å². The van der Waals surface area contributed by atoms with Gasteiger partial charge in [-0.15, -0.1) is 0 Å². The first-order valence-corrected chi connectivity index (χ1v) is 13.9. The molecule has 0 aliphatic rings. The lowest BCUT2D eigenvalue weighted by Crippen LogP contribution is -2.20. The van der Waals surface area contributed by atoms with Crippen LogP contribution in [0.1, 0.15) is 16.7 Å². The van der Waals surface area contributed by atoms with E-state index in [4.69, 9.17) is 4.74 Å². The fourth-order valence-corrected chi connectivity index (χ4v) is 6.08. The lowest BCUT2D eigenvalue weighted by molar-refractivity contribution is -0.137. The van der Waals surface area contributed by atoms with Crippen molar-refractivity contribution in [2.24, 2.45) is 5.10 Å². The van der Waals surface area contributed by atoms with Crippen LogP contribution in [0.3, 0.4) is 0 Å². The Bertz CT molecular complexity index is 1800. The van der Waals surface area contributed by atoms with Crippen LogP contribution in [0.5, 0.6) is 5.75 Å². The van der Waals surface area contributed by atoms with Crippen LogP contribution in [0.25, 0.3) is 22.3 Å². The first-order chi connectivity index (χ1) is 19.1. The molecule has 0 aliphatic carbocycles. The van der Waals surface area contributed by atoms with Gasteiger partial charge >= 0.3 is 6.18 Å². The predicted molar refractivity (Wildman–Crippen MR) is 162 cm³/mol. The van der Waals surface area contributed by atoms with Crippen molar-refractivity contribution in [3.63, 3.8) is 0 Å². The van der Waals surface area contributed by atoms with E-state index in [2.05, 4.69) is 55.3 Å².